The van der Waals surface area contributed by atoms with E-state index >= 15 is 0 Å². The molecule has 2 aromatic carbocycles. The van der Waals surface area contributed by atoms with Crippen LogP contribution in [0.15, 0.2) is 58.5 Å². The number of nitrogens with zero attached hydrogens (tertiary/aromatic N) is 2. The molecule has 1 aliphatic heterocycles. The van der Waals surface area contributed by atoms with Gasteiger partial charge in [-0.1, -0.05) is 18.2 Å². The van der Waals surface area contributed by atoms with Crippen LogP contribution in [-0.2, 0) is 0 Å². The number of carbonyl (C=O) groups excluding carboxylic acids is 1. The minimum absolute atomic E-state index is 0.119. The number of methoxy groups -OCH3 is 1. The first-order valence-corrected chi connectivity index (χ1v) is 9.11. The van der Waals surface area contributed by atoms with Crippen LogP contribution >= 0.6 is 0 Å². The van der Waals surface area contributed by atoms with Crippen molar-refractivity contribution in [2.45, 2.75) is 18.9 Å². The summed E-state index contributed by atoms with van der Waals surface area (Å²) in [6.07, 6.45) is 1.28. The summed E-state index contributed by atoms with van der Waals surface area (Å²) in [6.45, 7) is 2.42. The molecular weight excluding hydrogens is 356 g/mol. The molecule has 2 aromatic rings. The number of guanidine groups is 1. The van der Waals surface area contributed by atoms with Crippen molar-refractivity contribution >= 4 is 23.8 Å². The quantitative estimate of drug-likeness (QED) is 0.717. The average molecular weight is 380 g/mol. The first-order chi connectivity index (χ1) is 13.5. The van der Waals surface area contributed by atoms with Crippen LogP contribution < -0.4 is 15.4 Å². The van der Waals surface area contributed by atoms with Crippen molar-refractivity contribution < 1.29 is 14.6 Å². The topological polar surface area (TPSA) is 95.3 Å². The molecule has 0 bridgehead atoms. The standard InChI is InChI=1S/C21H24N4O3/c1-14(26)11-22-20(27)16-4-3-5-18(10-16)25-21-23-12-17(13-24-21)15-6-8-19(28-2)9-7-15/h3-10,12,14,17,26H,11,13H2,1-2H3,(H,22,27)(H,24,25). The Hall–Kier alpha value is -3.19. The van der Waals surface area contributed by atoms with Crippen LogP contribution in [0.5, 0.6) is 5.75 Å². The number of amides is 1. The fourth-order valence-electron chi connectivity index (χ4n) is 2.76. The van der Waals surface area contributed by atoms with Crippen LogP contribution in [0.25, 0.3) is 0 Å². The van der Waals surface area contributed by atoms with Crippen LogP contribution in [0.3, 0.4) is 0 Å². The van der Waals surface area contributed by atoms with Crippen LogP contribution in [0, 0.1) is 0 Å². The lowest BCUT2D eigenvalue weighted by Crippen LogP contribution is -2.30. The van der Waals surface area contributed by atoms with Gasteiger partial charge in [-0.05, 0) is 42.8 Å². The van der Waals surface area contributed by atoms with Crippen molar-refractivity contribution in [3.05, 3.63) is 59.7 Å². The zero-order chi connectivity index (χ0) is 19.9. The summed E-state index contributed by atoms with van der Waals surface area (Å²) in [7, 11) is 1.64. The number of aliphatic hydroxyl groups is 1. The average Bonchev–Trinajstić information content (AvgIpc) is 2.73. The van der Waals surface area contributed by atoms with E-state index in [2.05, 4.69) is 20.6 Å². The molecule has 3 rings (SSSR count). The molecule has 1 amide bonds. The molecule has 7 heteroatoms. The monoisotopic (exact) mass is 380 g/mol. The second-order valence-corrected chi connectivity index (χ2v) is 6.59. The van der Waals surface area contributed by atoms with Gasteiger partial charge in [-0.15, -0.1) is 0 Å². The van der Waals surface area contributed by atoms with Crippen molar-refractivity contribution in [1.82, 2.24) is 5.32 Å². The van der Waals surface area contributed by atoms with E-state index in [-0.39, 0.29) is 18.4 Å². The van der Waals surface area contributed by atoms with E-state index < -0.39 is 6.10 Å². The third-order valence-electron chi connectivity index (χ3n) is 4.30. The molecule has 0 saturated carbocycles. The molecule has 0 saturated heterocycles. The third-order valence-corrected chi connectivity index (χ3v) is 4.30. The van der Waals surface area contributed by atoms with Crippen LogP contribution in [-0.4, -0.2) is 49.5 Å². The predicted octanol–water partition coefficient (Wildman–Crippen LogP) is 2.44. The second-order valence-electron chi connectivity index (χ2n) is 6.59. The molecule has 1 heterocycles. The van der Waals surface area contributed by atoms with E-state index in [1.807, 2.05) is 36.5 Å². The molecule has 0 aliphatic carbocycles. The smallest absolute Gasteiger partial charge is 0.251 e. The molecule has 1 aliphatic rings. The summed E-state index contributed by atoms with van der Waals surface area (Å²) in [6, 6.07) is 15.0. The maximum absolute atomic E-state index is 12.1. The summed E-state index contributed by atoms with van der Waals surface area (Å²) in [5.41, 5.74) is 2.36. The number of aliphatic imine (C=N–C) groups is 2. The largest absolute Gasteiger partial charge is 0.497 e. The van der Waals surface area contributed by atoms with Gasteiger partial charge in [0.2, 0.25) is 5.96 Å². The lowest BCUT2D eigenvalue weighted by atomic mass is 10.00. The van der Waals surface area contributed by atoms with Gasteiger partial charge >= 0.3 is 0 Å². The molecule has 2 atom stereocenters. The summed E-state index contributed by atoms with van der Waals surface area (Å²) in [4.78, 5) is 21.0. The number of anilines is 1. The van der Waals surface area contributed by atoms with Gasteiger partial charge in [-0.3, -0.25) is 9.79 Å². The highest BCUT2D eigenvalue weighted by atomic mass is 16.5. The van der Waals surface area contributed by atoms with Crippen molar-refractivity contribution in [2.75, 3.05) is 25.5 Å². The highest BCUT2D eigenvalue weighted by Gasteiger charge is 2.14. The lowest BCUT2D eigenvalue weighted by Gasteiger charge is -2.16. The number of hydrogen-bond donors (Lipinski definition) is 3. The normalized spacial score (nSPS) is 16.8. The van der Waals surface area contributed by atoms with E-state index in [1.165, 1.54) is 0 Å². The molecule has 0 aromatic heterocycles. The number of nitrogens with one attached hydrogen (secondary N) is 2. The predicted molar refractivity (Wildman–Crippen MR) is 111 cm³/mol. The van der Waals surface area contributed by atoms with Crippen LogP contribution in [0.2, 0.25) is 0 Å². The molecule has 146 valence electrons. The minimum atomic E-state index is -0.588. The summed E-state index contributed by atoms with van der Waals surface area (Å²) in [5, 5.41) is 15.1. The molecule has 2 unspecified atom stereocenters. The maximum atomic E-state index is 12.1. The Balaban J connectivity index is 1.60. The van der Waals surface area contributed by atoms with Gasteiger partial charge in [-0.25, -0.2) is 4.99 Å². The second kappa shape index (κ2) is 9.14. The lowest BCUT2D eigenvalue weighted by molar-refractivity contribution is 0.0924. The van der Waals surface area contributed by atoms with Crippen molar-refractivity contribution in [3.8, 4) is 5.75 Å². The number of ether oxygens (including phenoxy) is 1. The maximum Gasteiger partial charge on any atom is 0.251 e. The Kier molecular flexibility index (Phi) is 6.39. The molecule has 7 nitrogen and oxygen atoms in total. The molecular formula is C21H24N4O3. The van der Waals surface area contributed by atoms with Crippen LogP contribution in [0.4, 0.5) is 5.69 Å². The summed E-state index contributed by atoms with van der Waals surface area (Å²) in [5.74, 6) is 1.21. The van der Waals surface area contributed by atoms with Gasteiger partial charge < -0.3 is 20.5 Å². The molecule has 0 fully saturated rings. The van der Waals surface area contributed by atoms with Gasteiger partial charge in [0.1, 0.15) is 5.75 Å². The first-order valence-electron chi connectivity index (χ1n) is 9.11. The Morgan fingerprint density at radius 1 is 1.29 bits per heavy atom. The Morgan fingerprint density at radius 3 is 2.71 bits per heavy atom. The van der Waals surface area contributed by atoms with Crippen molar-refractivity contribution in [1.29, 1.82) is 0 Å². The fraction of sp³-hybridized carbons (Fsp3) is 0.286. The molecule has 0 spiro atoms. The van der Waals surface area contributed by atoms with E-state index in [9.17, 15) is 9.90 Å². The summed E-state index contributed by atoms with van der Waals surface area (Å²) < 4.78 is 5.18. The SMILES string of the molecule is COc1ccc(C2C=NC(Nc3cccc(C(=O)NCC(C)O)c3)=NC2)cc1. The third kappa shape index (κ3) is 5.17. The Morgan fingerprint density at radius 2 is 2.07 bits per heavy atom. The van der Waals surface area contributed by atoms with E-state index in [1.54, 1.807) is 32.2 Å². The highest BCUT2D eigenvalue weighted by Crippen LogP contribution is 2.21. The summed E-state index contributed by atoms with van der Waals surface area (Å²) >= 11 is 0. The number of rotatable bonds is 6. The van der Waals surface area contributed by atoms with Crippen LogP contribution in [0.1, 0.15) is 28.8 Å². The minimum Gasteiger partial charge on any atom is -0.497 e. The molecule has 0 radical (unpaired) electrons. The molecule has 3 N–H and O–H groups in total. The van der Waals surface area contributed by atoms with E-state index in [0.717, 1.165) is 17.0 Å². The Bertz CT molecular complexity index is 875. The Labute approximate surface area is 164 Å². The zero-order valence-corrected chi connectivity index (χ0v) is 15.9. The number of carbonyl (C=O) groups is 1. The van der Waals surface area contributed by atoms with E-state index in [4.69, 9.17) is 4.74 Å². The van der Waals surface area contributed by atoms with E-state index in [0.29, 0.717) is 18.1 Å². The number of benzene rings is 2. The fourth-order valence-corrected chi connectivity index (χ4v) is 2.76. The van der Waals surface area contributed by atoms with Crippen molar-refractivity contribution in [2.24, 2.45) is 9.98 Å². The zero-order valence-electron chi connectivity index (χ0n) is 15.9. The number of aliphatic hydroxyl groups excluding tert-OH is 1. The number of hydrogen-bond acceptors (Lipinski definition) is 6. The van der Waals surface area contributed by atoms with Gasteiger partial charge in [0.15, 0.2) is 0 Å². The highest BCUT2D eigenvalue weighted by molar-refractivity contribution is 6.02. The molecule has 28 heavy (non-hydrogen) atoms. The van der Waals surface area contributed by atoms with Gasteiger partial charge in [0.25, 0.3) is 5.91 Å². The van der Waals surface area contributed by atoms with Crippen molar-refractivity contribution in [3.63, 3.8) is 0 Å². The van der Waals surface area contributed by atoms with Gasteiger partial charge in [0, 0.05) is 29.9 Å². The first kappa shape index (κ1) is 19.6. The van der Waals surface area contributed by atoms with Gasteiger partial charge in [-0.2, -0.15) is 0 Å². The van der Waals surface area contributed by atoms with Gasteiger partial charge in [0.05, 0.1) is 19.8 Å².